The highest BCUT2D eigenvalue weighted by Crippen LogP contribution is 2.34. The topological polar surface area (TPSA) is 58.6 Å². The maximum atomic E-state index is 12.3. The summed E-state index contributed by atoms with van der Waals surface area (Å²) < 4.78 is 5.99. The number of nitrogens with zero attached hydrogens (tertiary/aromatic N) is 1. The molecule has 3 heterocycles. The number of carbonyl (C=O) groups is 2. The third kappa shape index (κ3) is 4.24. The summed E-state index contributed by atoms with van der Waals surface area (Å²) in [6, 6.07) is 4.11. The van der Waals surface area contributed by atoms with Crippen molar-refractivity contribution >= 4 is 29.2 Å². The van der Waals surface area contributed by atoms with Crippen molar-refractivity contribution < 1.29 is 14.3 Å². The second-order valence-electron chi connectivity index (χ2n) is 6.81. The largest absolute Gasteiger partial charge is 0.372 e. The van der Waals surface area contributed by atoms with Gasteiger partial charge in [0.25, 0.3) is 0 Å². The molecule has 5 nitrogen and oxygen atoms in total. The molecule has 2 saturated heterocycles. The Hall–Kier alpha value is -1.66. The van der Waals surface area contributed by atoms with E-state index < -0.39 is 0 Å². The predicted molar refractivity (Wildman–Crippen MR) is 94.6 cm³/mol. The minimum atomic E-state index is -0.0161. The number of nitrogens with one attached hydrogen (secondary N) is 1. The molecule has 0 unspecified atom stereocenters. The highest BCUT2D eigenvalue weighted by atomic mass is 32.1. The molecule has 0 saturated carbocycles. The van der Waals surface area contributed by atoms with E-state index in [9.17, 15) is 9.59 Å². The van der Waals surface area contributed by atoms with E-state index in [2.05, 4.69) is 5.32 Å². The minimum Gasteiger partial charge on any atom is -0.372 e. The molecule has 2 aliphatic heterocycles. The Morgan fingerprint density at radius 1 is 1.46 bits per heavy atom. The van der Waals surface area contributed by atoms with Crippen LogP contribution in [0.3, 0.4) is 0 Å². The molecule has 3 rings (SSSR count). The summed E-state index contributed by atoms with van der Waals surface area (Å²) in [5, 5.41) is 4.89. The van der Waals surface area contributed by atoms with Crippen molar-refractivity contribution in [3.05, 3.63) is 28.5 Å². The van der Waals surface area contributed by atoms with E-state index in [1.807, 2.05) is 42.3 Å². The van der Waals surface area contributed by atoms with E-state index in [4.69, 9.17) is 4.74 Å². The normalized spacial score (nSPS) is 26.3. The van der Waals surface area contributed by atoms with Gasteiger partial charge < -0.3 is 15.0 Å². The zero-order valence-electron chi connectivity index (χ0n) is 14.1. The van der Waals surface area contributed by atoms with Crippen LogP contribution in [0.2, 0.25) is 0 Å². The van der Waals surface area contributed by atoms with Crippen LogP contribution in [0, 0.1) is 5.92 Å². The average Bonchev–Trinajstić information content (AvgIpc) is 3.18. The van der Waals surface area contributed by atoms with E-state index in [-0.39, 0.29) is 30.1 Å². The van der Waals surface area contributed by atoms with E-state index in [1.54, 1.807) is 17.4 Å². The molecule has 24 heavy (non-hydrogen) atoms. The smallest absolute Gasteiger partial charge is 0.246 e. The van der Waals surface area contributed by atoms with Crippen molar-refractivity contribution in [2.75, 3.05) is 13.1 Å². The number of hydrogen-bond acceptors (Lipinski definition) is 4. The van der Waals surface area contributed by atoms with Crippen LogP contribution in [0.5, 0.6) is 0 Å². The Morgan fingerprint density at radius 2 is 2.29 bits per heavy atom. The van der Waals surface area contributed by atoms with Gasteiger partial charge >= 0.3 is 0 Å². The van der Waals surface area contributed by atoms with Gasteiger partial charge in [-0.3, -0.25) is 9.59 Å². The summed E-state index contributed by atoms with van der Waals surface area (Å²) in [4.78, 5) is 27.0. The molecule has 2 fully saturated rings. The first-order chi connectivity index (χ1) is 11.5. The molecule has 3 atom stereocenters. The lowest BCUT2D eigenvalue weighted by Gasteiger charge is -2.18. The fourth-order valence-electron chi connectivity index (χ4n) is 3.41. The standard InChI is InChI=1S/C18H24N2O3S/c1-12(2)19-17(21)9-14-8-13-10-20(11-16(13)23-14)18(22)6-5-15-4-3-7-24-15/h3-7,12-14,16H,8-11H2,1-2H3,(H,19,21)/b6-5+/t13-,14+,16+/m0/s1. The van der Waals surface area contributed by atoms with E-state index in [0.717, 1.165) is 17.8 Å². The van der Waals surface area contributed by atoms with Crippen molar-refractivity contribution in [3.63, 3.8) is 0 Å². The number of thiophene rings is 1. The fraction of sp³-hybridized carbons (Fsp3) is 0.556. The van der Waals surface area contributed by atoms with Crippen LogP contribution in [-0.2, 0) is 14.3 Å². The zero-order chi connectivity index (χ0) is 17.1. The third-order valence-electron chi connectivity index (χ3n) is 4.42. The summed E-state index contributed by atoms with van der Waals surface area (Å²) >= 11 is 1.61. The number of fused-ring (bicyclic) bond motifs is 1. The molecule has 0 bridgehead atoms. The molecular weight excluding hydrogens is 324 g/mol. The molecule has 0 radical (unpaired) electrons. The lowest BCUT2D eigenvalue weighted by molar-refractivity contribution is -0.127. The van der Waals surface area contributed by atoms with E-state index >= 15 is 0 Å². The lowest BCUT2D eigenvalue weighted by atomic mass is 10.0. The lowest BCUT2D eigenvalue weighted by Crippen LogP contribution is -2.34. The second kappa shape index (κ2) is 7.49. The van der Waals surface area contributed by atoms with Gasteiger partial charge in [-0.2, -0.15) is 0 Å². The second-order valence-corrected chi connectivity index (χ2v) is 7.79. The van der Waals surface area contributed by atoms with E-state index in [1.165, 1.54) is 0 Å². The van der Waals surface area contributed by atoms with Gasteiger partial charge in [0.1, 0.15) is 0 Å². The Balaban J connectivity index is 1.46. The van der Waals surface area contributed by atoms with Crippen LogP contribution < -0.4 is 5.32 Å². The van der Waals surface area contributed by atoms with Crippen molar-refractivity contribution in [1.82, 2.24) is 10.2 Å². The van der Waals surface area contributed by atoms with Crippen molar-refractivity contribution in [2.24, 2.45) is 5.92 Å². The first-order valence-electron chi connectivity index (χ1n) is 8.46. The van der Waals surface area contributed by atoms with Crippen LogP contribution in [0.4, 0.5) is 0 Å². The Kier molecular flexibility index (Phi) is 5.36. The van der Waals surface area contributed by atoms with Gasteiger partial charge in [-0.25, -0.2) is 0 Å². The number of ether oxygens (including phenoxy) is 1. The molecule has 1 aromatic rings. The maximum absolute atomic E-state index is 12.3. The van der Waals surface area contributed by atoms with Gasteiger partial charge in [-0.1, -0.05) is 6.07 Å². The van der Waals surface area contributed by atoms with Crippen LogP contribution in [-0.4, -0.2) is 48.1 Å². The summed E-state index contributed by atoms with van der Waals surface area (Å²) in [5.74, 6) is 0.429. The molecule has 1 aromatic heterocycles. The first-order valence-corrected chi connectivity index (χ1v) is 9.34. The molecular formula is C18H24N2O3S. The summed E-state index contributed by atoms with van der Waals surface area (Å²) in [5.41, 5.74) is 0. The molecule has 6 heteroatoms. The summed E-state index contributed by atoms with van der Waals surface area (Å²) in [7, 11) is 0. The molecule has 2 amide bonds. The number of hydrogen-bond donors (Lipinski definition) is 1. The Morgan fingerprint density at radius 3 is 2.96 bits per heavy atom. The van der Waals surface area contributed by atoms with E-state index in [0.29, 0.717) is 18.9 Å². The molecule has 2 aliphatic rings. The molecule has 130 valence electrons. The Labute approximate surface area is 146 Å². The molecule has 0 spiro atoms. The minimum absolute atomic E-state index is 0.0161. The summed E-state index contributed by atoms with van der Waals surface area (Å²) in [6.45, 7) is 5.26. The van der Waals surface area contributed by atoms with Crippen molar-refractivity contribution in [3.8, 4) is 0 Å². The van der Waals surface area contributed by atoms with Crippen molar-refractivity contribution in [2.45, 2.75) is 44.9 Å². The third-order valence-corrected chi connectivity index (χ3v) is 5.26. The SMILES string of the molecule is CC(C)NC(=O)C[C@H]1C[C@H]2CN(C(=O)/C=C/c3cccs3)C[C@H]2O1. The number of likely N-dealkylation sites (tertiary alicyclic amines) is 1. The van der Waals surface area contributed by atoms with Gasteiger partial charge in [0, 0.05) is 36.0 Å². The van der Waals surface area contributed by atoms with Gasteiger partial charge in [0.15, 0.2) is 0 Å². The van der Waals surface area contributed by atoms with Crippen molar-refractivity contribution in [1.29, 1.82) is 0 Å². The maximum Gasteiger partial charge on any atom is 0.246 e. The average molecular weight is 348 g/mol. The van der Waals surface area contributed by atoms with Gasteiger partial charge in [-0.05, 0) is 37.8 Å². The monoisotopic (exact) mass is 348 g/mol. The molecule has 1 N–H and O–H groups in total. The zero-order valence-corrected chi connectivity index (χ0v) is 14.9. The van der Waals surface area contributed by atoms with Crippen LogP contribution in [0.15, 0.2) is 23.6 Å². The highest BCUT2D eigenvalue weighted by molar-refractivity contribution is 7.10. The van der Waals surface area contributed by atoms with Crippen LogP contribution >= 0.6 is 11.3 Å². The van der Waals surface area contributed by atoms with Crippen LogP contribution in [0.1, 0.15) is 31.6 Å². The fourth-order valence-corrected chi connectivity index (χ4v) is 4.02. The first kappa shape index (κ1) is 17.2. The van der Waals surface area contributed by atoms with Gasteiger partial charge in [0.05, 0.1) is 18.6 Å². The molecule has 0 aromatic carbocycles. The number of rotatable bonds is 5. The Bertz CT molecular complexity index is 598. The number of amides is 2. The predicted octanol–water partition coefficient (Wildman–Crippen LogP) is 2.29. The van der Waals surface area contributed by atoms with Gasteiger partial charge in [0.2, 0.25) is 11.8 Å². The van der Waals surface area contributed by atoms with Crippen LogP contribution in [0.25, 0.3) is 6.08 Å². The summed E-state index contributed by atoms with van der Waals surface area (Å²) in [6.07, 6.45) is 4.83. The quantitative estimate of drug-likeness (QED) is 0.831. The van der Waals surface area contributed by atoms with Gasteiger partial charge in [-0.15, -0.1) is 11.3 Å². The highest BCUT2D eigenvalue weighted by Gasteiger charge is 2.43. The molecule has 0 aliphatic carbocycles. The number of carbonyl (C=O) groups excluding carboxylic acids is 2.